The van der Waals surface area contributed by atoms with Crippen molar-refractivity contribution in [3.63, 3.8) is 0 Å². The van der Waals surface area contributed by atoms with Gasteiger partial charge in [-0.1, -0.05) is 41.9 Å². The summed E-state index contributed by atoms with van der Waals surface area (Å²) in [5.41, 5.74) is 3.20. The Morgan fingerprint density at radius 2 is 1.88 bits per heavy atom. The molecule has 0 radical (unpaired) electrons. The van der Waals surface area contributed by atoms with Crippen LogP contribution in [-0.2, 0) is 9.53 Å². The highest BCUT2D eigenvalue weighted by Gasteiger charge is 2.14. The first-order valence-corrected chi connectivity index (χ1v) is 8.41. The molecule has 0 spiro atoms. The molecule has 0 atom stereocenters. The Labute approximate surface area is 156 Å². The Bertz CT molecular complexity index is 978. The van der Waals surface area contributed by atoms with Gasteiger partial charge in [0, 0.05) is 5.39 Å². The minimum atomic E-state index is -0.655. The number of amides is 1. The molecule has 0 fully saturated rings. The van der Waals surface area contributed by atoms with Crippen molar-refractivity contribution in [2.24, 2.45) is 0 Å². The van der Waals surface area contributed by atoms with E-state index in [1.54, 1.807) is 24.3 Å². The molecule has 1 amide bonds. The lowest BCUT2D eigenvalue weighted by Crippen LogP contribution is -2.22. The predicted octanol–water partition coefficient (Wildman–Crippen LogP) is 4.30. The van der Waals surface area contributed by atoms with Gasteiger partial charge in [-0.3, -0.25) is 4.79 Å². The average Bonchev–Trinajstić information content (AvgIpc) is 2.62. The van der Waals surface area contributed by atoms with Crippen molar-refractivity contribution in [1.29, 1.82) is 0 Å². The summed E-state index contributed by atoms with van der Waals surface area (Å²) in [6, 6.07) is 14.5. The lowest BCUT2D eigenvalue weighted by molar-refractivity contribution is -0.119. The van der Waals surface area contributed by atoms with Crippen LogP contribution < -0.4 is 5.32 Å². The van der Waals surface area contributed by atoms with E-state index in [-0.39, 0.29) is 5.69 Å². The first-order valence-electron chi connectivity index (χ1n) is 8.03. The van der Waals surface area contributed by atoms with Gasteiger partial charge in [-0.15, -0.1) is 0 Å². The summed E-state index contributed by atoms with van der Waals surface area (Å²) in [7, 11) is 0. The van der Waals surface area contributed by atoms with Crippen LogP contribution in [0.5, 0.6) is 0 Å². The number of aromatic nitrogens is 1. The van der Waals surface area contributed by atoms with Gasteiger partial charge >= 0.3 is 5.97 Å². The predicted molar refractivity (Wildman–Crippen MR) is 102 cm³/mol. The number of carbonyl (C=O) groups excluding carboxylic acids is 2. The van der Waals surface area contributed by atoms with Crippen molar-refractivity contribution in [3.8, 4) is 0 Å². The maximum absolute atomic E-state index is 12.1. The highest BCUT2D eigenvalue weighted by Crippen LogP contribution is 2.27. The summed E-state index contributed by atoms with van der Waals surface area (Å²) in [4.78, 5) is 28.5. The lowest BCUT2D eigenvalue weighted by Gasteiger charge is -2.11. The van der Waals surface area contributed by atoms with Crippen molar-refractivity contribution < 1.29 is 14.3 Å². The van der Waals surface area contributed by atoms with Crippen LogP contribution in [0.15, 0.2) is 48.5 Å². The van der Waals surface area contributed by atoms with E-state index in [9.17, 15) is 9.59 Å². The molecule has 0 aliphatic rings. The Morgan fingerprint density at radius 3 is 2.65 bits per heavy atom. The molecular formula is C20H17ClN2O3. The molecule has 3 rings (SSSR count). The van der Waals surface area contributed by atoms with E-state index < -0.39 is 18.5 Å². The normalized spacial score (nSPS) is 10.6. The fraction of sp³-hybridized carbons (Fsp3) is 0.150. The molecule has 2 aromatic carbocycles. The van der Waals surface area contributed by atoms with E-state index in [2.05, 4.69) is 10.3 Å². The second kappa shape index (κ2) is 7.54. The Hall–Kier alpha value is -2.92. The molecule has 5 nitrogen and oxygen atoms in total. The molecule has 0 aliphatic carbocycles. The number of aryl methyl sites for hydroxylation is 2. The zero-order valence-electron chi connectivity index (χ0n) is 14.4. The smallest absolute Gasteiger partial charge is 0.357 e. The summed E-state index contributed by atoms with van der Waals surface area (Å²) >= 11 is 6.16. The van der Waals surface area contributed by atoms with E-state index >= 15 is 0 Å². The Balaban J connectivity index is 1.64. The monoisotopic (exact) mass is 368 g/mol. The number of pyridine rings is 1. The van der Waals surface area contributed by atoms with E-state index in [1.807, 2.05) is 38.1 Å². The fourth-order valence-corrected chi connectivity index (χ4v) is 3.00. The van der Waals surface area contributed by atoms with Crippen LogP contribution in [0.3, 0.4) is 0 Å². The van der Waals surface area contributed by atoms with Gasteiger partial charge in [0.15, 0.2) is 6.61 Å². The third kappa shape index (κ3) is 4.00. The summed E-state index contributed by atoms with van der Waals surface area (Å²) in [6.07, 6.45) is 0. The molecule has 1 aromatic heterocycles. The molecule has 0 aliphatic heterocycles. The van der Waals surface area contributed by atoms with Crippen LogP contribution in [0.4, 0.5) is 5.69 Å². The maximum atomic E-state index is 12.1. The number of hydrogen-bond acceptors (Lipinski definition) is 4. The third-order valence-electron chi connectivity index (χ3n) is 3.84. The van der Waals surface area contributed by atoms with Gasteiger partial charge < -0.3 is 10.1 Å². The van der Waals surface area contributed by atoms with Gasteiger partial charge in [-0.05, 0) is 43.2 Å². The number of ether oxygens (including phenoxy) is 1. The standard InChI is InChI=1S/C20H17ClN2O3/c1-12-9-13(2)19(15(21)10-12)23-18(24)11-26-20(25)17-8-7-14-5-3-4-6-16(14)22-17/h3-10H,11H2,1-2H3,(H,23,24). The maximum Gasteiger partial charge on any atom is 0.357 e. The first-order chi connectivity index (χ1) is 12.4. The second-order valence-corrected chi connectivity index (χ2v) is 6.36. The van der Waals surface area contributed by atoms with E-state index in [0.29, 0.717) is 16.2 Å². The van der Waals surface area contributed by atoms with Crippen molar-refractivity contribution in [2.75, 3.05) is 11.9 Å². The molecule has 0 saturated carbocycles. The van der Waals surface area contributed by atoms with Gasteiger partial charge in [-0.25, -0.2) is 9.78 Å². The minimum Gasteiger partial charge on any atom is -0.451 e. The molecule has 0 saturated heterocycles. The number of para-hydroxylation sites is 1. The van der Waals surface area contributed by atoms with Crippen molar-refractivity contribution in [2.45, 2.75) is 13.8 Å². The SMILES string of the molecule is Cc1cc(C)c(NC(=O)COC(=O)c2ccc3ccccc3n2)c(Cl)c1. The topological polar surface area (TPSA) is 68.3 Å². The molecule has 3 aromatic rings. The van der Waals surface area contributed by atoms with Gasteiger partial charge in [0.05, 0.1) is 16.2 Å². The number of nitrogens with one attached hydrogen (secondary N) is 1. The van der Waals surface area contributed by atoms with Crippen LogP contribution in [0.25, 0.3) is 10.9 Å². The number of nitrogens with zero attached hydrogens (tertiary/aromatic N) is 1. The quantitative estimate of drug-likeness (QED) is 0.697. The van der Waals surface area contributed by atoms with Gasteiger partial charge in [0.2, 0.25) is 0 Å². The average molecular weight is 369 g/mol. The van der Waals surface area contributed by atoms with Gasteiger partial charge in [0.1, 0.15) is 5.69 Å². The highest BCUT2D eigenvalue weighted by atomic mass is 35.5. The number of benzene rings is 2. The van der Waals surface area contributed by atoms with Crippen LogP contribution >= 0.6 is 11.6 Å². The zero-order chi connectivity index (χ0) is 18.7. The summed E-state index contributed by atoms with van der Waals surface area (Å²) in [6.45, 7) is 3.35. The molecule has 0 unspecified atom stereocenters. The number of esters is 1. The minimum absolute atomic E-state index is 0.154. The zero-order valence-corrected chi connectivity index (χ0v) is 15.1. The molecule has 6 heteroatoms. The Kier molecular flexibility index (Phi) is 5.19. The highest BCUT2D eigenvalue weighted by molar-refractivity contribution is 6.34. The van der Waals surface area contributed by atoms with Gasteiger partial charge in [-0.2, -0.15) is 0 Å². The third-order valence-corrected chi connectivity index (χ3v) is 4.14. The van der Waals surface area contributed by atoms with Crippen LogP contribution in [0.1, 0.15) is 21.6 Å². The number of rotatable bonds is 4. The summed E-state index contributed by atoms with van der Waals surface area (Å²) in [5, 5.41) is 4.04. The second-order valence-electron chi connectivity index (χ2n) is 5.95. The summed E-state index contributed by atoms with van der Waals surface area (Å²) in [5.74, 6) is -1.12. The molecule has 1 heterocycles. The van der Waals surface area contributed by atoms with Crippen LogP contribution in [0, 0.1) is 13.8 Å². The summed E-state index contributed by atoms with van der Waals surface area (Å²) < 4.78 is 5.06. The molecular weight excluding hydrogens is 352 g/mol. The van der Waals surface area contributed by atoms with Gasteiger partial charge in [0.25, 0.3) is 5.91 Å². The van der Waals surface area contributed by atoms with Crippen LogP contribution in [-0.4, -0.2) is 23.5 Å². The number of anilines is 1. The fourth-order valence-electron chi connectivity index (χ4n) is 2.63. The molecule has 1 N–H and O–H groups in total. The van der Waals surface area contributed by atoms with Crippen LogP contribution in [0.2, 0.25) is 5.02 Å². The lowest BCUT2D eigenvalue weighted by atomic mass is 10.1. The number of hydrogen-bond donors (Lipinski definition) is 1. The molecule has 132 valence electrons. The van der Waals surface area contributed by atoms with Crippen molar-refractivity contribution in [3.05, 3.63) is 70.4 Å². The number of fused-ring (bicyclic) bond motifs is 1. The number of carbonyl (C=O) groups is 2. The molecule has 0 bridgehead atoms. The first kappa shape index (κ1) is 17.9. The van der Waals surface area contributed by atoms with E-state index in [4.69, 9.17) is 16.3 Å². The Morgan fingerprint density at radius 1 is 1.12 bits per heavy atom. The largest absolute Gasteiger partial charge is 0.451 e. The van der Waals surface area contributed by atoms with E-state index in [1.165, 1.54) is 0 Å². The molecule has 26 heavy (non-hydrogen) atoms. The van der Waals surface area contributed by atoms with E-state index in [0.717, 1.165) is 16.5 Å². The van der Waals surface area contributed by atoms with Crippen molar-refractivity contribution >= 4 is 40.1 Å². The number of halogens is 1. The van der Waals surface area contributed by atoms with Crippen molar-refractivity contribution in [1.82, 2.24) is 4.98 Å².